The van der Waals surface area contributed by atoms with E-state index in [-0.39, 0.29) is 22.6 Å². The van der Waals surface area contributed by atoms with E-state index in [1.165, 1.54) is 12.8 Å². The Morgan fingerprint density at radius 3 is 2.39 bits per heavy atom. The fraction of sp³-hybridized carbons (Fsp3) is 0.667. The third-order valence-electron chi connectivity index (χ3n) is 6.70. The first-order chi connectivity index (χ1) is 13.4. The van der Waals surface area contributed by atoms with Crippen molar-refractivity contribution in [3.63, 3.8) is 0 Å². The van der Waals surface area contributed by atoms with Crippen LogP contribution in [0.5, 0.6) is 0 Å². The van der Waals surface area contributed by atoms with Crippen molar-refractivity contribution in [2.75, 3.05) is 31.1 Å². The van der Waals surface area contributed by atoms with Crippen LogP contribution in [0, 0.1) is 22.0 Å². The Bertz CT molecular complexity index is 685. The Kier molecular flexibility index (Phi) is 6.54. The molecule has 0 spiro atoms. The molecule has 28 heavy (non-hydrogen) atoms. The lowest BCUT2D eigenvalue weighted by atomic mass is 9.78. The number of nitro benzene ring substituents is 1. The summed E-state index contributed by atoms with van der Waals surface area (Å²) >= 11 is 0. The van der Waals surface area contributed by atoms with E-state index in [1.54, 1.807) is 24.3 Å². The van der Waals surface area contributed by atoms with Crippen molar-refractivity contribution in [2.24, 2.45) is 11.8 Å². The molecule has 7 heteroatoms. The summed E-state index contributed by atoms with van der Waals surface area (Å²) in [5.41, 5.74) is 1.10. The van der Waals surface area contributed by atoms with E-state index in [9.17, 15) is 14.9 Å². The molecule has 3 rings (SSSR count). The zero-order valence-electron chi connectivity index (χ0n) is 17.1. The first-order valence-corrected chi connectivity index (χ1v) is 10.4. The minimum atomic E-state index is -0.379. The zero-order valence-corrected chi connectivity index (χ0v) is 17.1. The highest BCUT2D eigenvalue weighted by atomic mass is 16.6. The highest BCUT2D eigenvalue weighted by molar-refractivity contribution is 5.81. The zero-order chi connectivity index (χ0) is 20.3. The molecule has 1 heterocycles. The molecule has 4 atom stereocenters. The van der Waals surface area contributed by atoms with Crippen molar-refractivity contribution in [3.8, 4) is 0 Å². The van der Waals surface area contributed by atoms with E-state index >= 15 is 0 Å². The van der Waals surface area contributed by atoms with Gasteiger partial charge in [-0.25, -0.2) is 0 Å². The van der Waals surface area contributed by atoms with Crippen molar-refractivity contribution in [1.82, 2.24) is 10.2 Å². The van der Waals surface area contributed by atoms with Crippen LogP contribution in [-0.4, -0.2) is 54.0 Å². The van der Waals surface area contributed by atoms with Gasteiger partial charge in [-0.3, -0.25) is 19.8 Å². The van der Waals surface area contributed by atoms with Gasteiger partial charge in [0.2, 0.25) is 5.91 Å². The van der Waals surface area contributed by atoms with E-state index in [0.717, 1.165) is 38.3 Å². The van der Waals surface area contributed by atoms with Crippen molar-refractivity contribution < 1.29 is 9.72 Å². The molecule has 0 radical (unpaired) electrons. The van der Waals surface area contributed by atoms with Gasteiger partial charge >= 0.3 is 0 Å². The standard InChI is InChI=1S/C21H32N4O3/c1-15-5-4-6-20(16(15)2)22-21(26)17(3)23-11-13-24(14-12-23)18-7-9-19(10-8-18)25(27)28/h7-10,15-17,20H,4-6,11-14H2,1-3H3,(H,22,26)/t15-,16-,17-,20-/m1/s1. The number of benzene rings is 1. The second kappa shape index (κ2) is 8.90. The number of hydrogen-bond acceptors (Lipinski definition) is 5. The molecule has 1 aliphatic carbocycles. The van der Waals surface area contributed by atoms with Gasteiger partial charge in [-0.2, -0.15) is 0 Å². The molecule has 1 saturated carbocycles. The highest BCUT2D eigenvalue weighted by Gasteiger charge is 2.31. The van der Waals surface area contributed by atoms with Crippen LogP contribution in [0.4, 0.5) is 11.4 Å². The van der Waals surface area contributed by atoms with Gasteiger partial charge in [0, 0.05) is 50.0 Å². The summed E-state index contributed by atoms with van der Waals surface area (Å²) in [6.07, 6.45) is 3.53. The number of hydrogen-bond donors (Lipinski definition) is 1. The Hall–Kier alpha value is -2.15. The molecule has 7 nitrogen and oxygen atoms in total. The monoisotopic (exact) mass is 388 g/mol. The molecule has 1 N–H and O–H groups in total. The van der Waals surface area contributed by atoms with E-state index in [0.29, 0.717) is 17.9 Å². The topological polar surface area (TPSA) is 78.7 Å². The van der Waals surface area contributed by atoms with Crippen molar-refractivity contribution in [3.05, 3.63) is 34.4 Å². The van der Waals surface area contributed by atoms with Crippen LogP contribution < -0.4 is 10.2 Å². The van der Waals surface area contributed by atoms with Crippen LogP contribution in [-0.2, 0) is 4.79 Å². The lowest BCUT2D eigenvalue weighted by molar-refractivity contribution is -0.384. The highest BCUT2D eigenvalue weighted by Crippen LogP contribution is 2.29. The van der Waals surface area contributed by atoms with Gasteiger partial charge in [0.1, 0.15) is 0 Å². The van der Waals surface area contributed by atoms with Crippen LogP contribution in [0.2, 0.25) is 0 Å². The number of carbonyl (C=O) groups excluding carboxylic acids is 1. The maximum Gasteiger partial charge on any atom is 0.269 e. The number of nitrogens with one attached hydrogen (secondary N) is 1. The van der Waals surface area contributed by atoms with Crippen LogP contribution in [0.25, 0.3) is 0 Å². The van der Waals surface area contributed by atoms with Gasteiger partial charge in [-0.1, -0.05) is 26.7 Å². The van der Waals surface area contributed by atoms with Gasteiger partial charge in [0.05, 0.1) is 11.0 Å². The maximum atomic E-state index is 12.8. The smallest absolute Gasteiger partial charge is 0.269 e. The number of amides is 1. The quantitative estimate of drug-likeness (QED) is 0.620. The van der Waals surface area contributed by atoms with Gasteiger partial charge < -0.3 is 10.2 Å². The molecule has 1 saturated heterocycles. The second-order valence-corrected chi connectivity index (χ2v) is 8.35. The summed E-state index contributed by atoms with van der Waals surface area (Å²) in [7, 11) is 0. The first kappa shape index (κ1) is 20.6. The van der Waals surface area contributed by atoms with Crippen LogP contribution in [0.1, 0.15) is 40.0 Å². The average molecular weight is 389 g/mol. The molecular weight excluding hydrogens is 356 g/mol. The number of anilines is 1. The van der Waals surface area contributed by atoms with Crippen molar-refractivity contribution >= 4 is 17.3 Å². The number of carbonyl (C=O) groups is 1. The molecular formula is C21H32N4O3. The lowest BCUT2D eigenvalue weighted by Crippen LogP contribution is -2.56. The Morgan fingerprint density at radius 1 is 1.14 bits per heavy atom. The molecule has 1 aromatic rings. The lowest BCUT2D eigenvalue weighted by Gasteiger charge is -2.40. The van der Waals surface area contributed by atoms with Crippen LogP contribution in [0.3, 0.4) is 0 Å². The predicted octanol–water partition coefficient (Wildman–Crippen LogP) is 3.05. The molecule has 154 valence electrons. The van der Waals surface area contributed by atoms with E-state index in [4.69, 9.17) is 0 Å². The SMILES string of the molecule is C[C@@H]1[C@H](C)CCC[C@H]1NC(=O)[C@@H](C)N1CCN(c2ccc([N+](=O)[O-])cc2)CC1. The molecule has 1 amide bonds. The Balaban J connectivity index is 1.51. The van der Waals surface area contributed by atoms with Crippen LogP contribution in [0.15, 0.2) is 24.3 Å². The summed E-state index contributed by atoms with van der Waals surface area (Å²) in [5, 5.41) is 14.1. The van der Waals surface area contributed by atoms with Crippen LogP contribution >= 0.6 is 0 Å². The number of nitrogens with zero attached hydrogens (tertiary/aromatic N) is 3. The van der Waals surface area contributed by atoms with Crippen molar-refractivity contribution in [2.45, 2.75) is 52.1 Å². The normalized spacial score (nSPS) is 27.2. The Morgan fingerprint density at radius 2 is 1.79 bits per heavy atom. The number of nitro groups is 1. The van der Waals surface area contributed by atoms with Crippen molar-refractivity contribution in [1.29, 1.82) is 0 Å². The first-order valence-electron chi connectivity index (χ1n) is 10.4. The summed E-state index contributed by atoms with van der Waals surface area (Å²) < 4.78 is 0. The van der Waals surface area contributed by atoms with E-state index in [2.05, 4.69) is 29.0 Å². The van der Waals surface area contributed by atoms with E-state index < -0.39 is 0 Å². The molecule has 1 aromatic carbocycles. The largest absolute Gasteiger partial charge is 0.369 e. The van der Waals surface area contributed by atoms with E-state index in [1.807, 2.05) is 6.92 Å². The predicted molar refractivity (Wildman–Crippen MR) is 110 cm³/mol. The molecule has 0 unspecified atom stereocenters. The molecule has 0 bridgehead atoms. The number of non-ortho nitro benzene ring substituents is 1. The fourth-order valence-electron chi connectivity index (χ4n) is 4.41. The summed E-state index contributed by atoms with van der Waals surface area (Å²) in [6.45, 7) is 9.77. The summed E-state index contributed by atoms with van der Waals surface area (Å²) in [6, 6.07) is 6.85. The molecule has 2 aliphatic rings. The van der Waals surface area contributed by atoms with Gasteiger partial charge in [0.15, 0.2) is 0 Å². The Labute approximate surface area is 167 Å². The molecule has 2 fully saturated rings. The van der Waals surface area contributed by atoms with Gasteiger partial charge in [0.25, 0.3) is 5.69 Å². The second-order valence-electron chi connectivity index (χ2n) is 8.35. The minimum absolute atomic E-state index is 0.110. The van der Waals surface area contributed by atoms with Gasteiger partial charge in [-0.05, 0) is 37.3 Å². The van der Waals surface area contributed by atoms with Gasteiger partial charge in [-0.15, -0.1) is 0 Å². The average Bonchev–Trinajstić information content (AvgIpc) is 2.71. The fourth-order valence-corrected chi connectivity index (χ4v) is 4.41. The number of rotatable bonds is 5. The molecule has 0 aromatic heterocycles. The molecule has 1 aliphatic heterocycles. The summed E-state index contributed by atoms with van der Waals surface area (Å²) in [4.78, 5) is 27.7. The number of piperazine rings is 1. The summed E-state index contributed by atoms with van der Waals surface area (Å²) in [5.74, 6) is 1.33. The third kappa shape index (κ3) is 4.63. The third-order valence-corrected chi connectivity index (χ3v) is 6.70. The maximum absolute atomic E-state index is 12.8. The minimum Gasteiger partial charge on any atom is -0.369 e.